The summed E-state index contributed by atoms with van der Waals surface area (Å²) in [5.41, 5.74) is 13.1. The zero-order valence-corrected chi connectivity index (χ0v) is 38.9. The van der Waals surface area contributed by atoms with Crippen molar-refractivity contribution in [2.45, 2.75) is 108 Å². The number of imidazole rings is 1. The second kappa shape index (κ2) is 27.5. The average Bonchev–Trinajstić information content (AvgIpc) is 3.99. The number of guanidine groups is 1. The Hall–Kier alpha value is -8.31. The molecular weight excluding hydrogens is 909 g/mol. The van der Waals surface area contributed by atoms with E-state index < -0.39 is 102 Å². The van der Waals surface area contributed by atoms with Crippen molar-refractivity contribution in [3.63, 3.8) is 0 Å². The molecule has 0 fully saturated rings. The lowest BCUT2D eigenvalue weighted by Crippen LogP contribution is -2.60. The van der Waals surface area contributed by atoms with E-state index in [2.05, 4.69) is 57.5 Å². The number of aromatic nitrogens is 3. The van der Waals surface area contributed by atoms with Gasteiger partial charge >= 0.3 is 5.97 Å². The molecule has 0 saturated heterocycles. The minimum Gasteiger partial charge on any atom is -0.481 e. The smallest absolute Gasteiger partial charge is 0.305 e. The number of nitrogens with zero attached hydrogens (tertiary/aromatic N) is 1. The van der Waals surface area contributed by atoms with Crippen LogP contribution in [0.25, 0.3) is 10.9 Å². The maximum absolute atomic E-state index is 14.5. The molecule has 2 heterocycles. The quantitative estimate of drug-likeness (QED) is 0.0166. The summed E-state index contributed by atoms with van der Waals surface area (Å²) in [5.74, 6) is -8.36. The number of unbranched alkanes of at least 4 members (excludes halogenated alkanes) is 1. The van der Waals surface area contributed by atoms with E-state index >= 15 is 0 Å². The van der Waals surface area contributed by atoms with Crippen LogP contribution in [0.4, 0.5) is 0 Å². The number of amides is 8. The van der Waals surface area contributed by atoms with Gasteiger partial charge in [0.05, 0.1) is 25.0 Å². The molecule has 2 aromatic carbocycles. The number of para-hydroxylation sites is 1. The van der Waals surface area contributed by atoms with Gasteiger partial charge in [-0.25, -0.2) is 4.98 Å². The molecule has 6 atom stereocenters. The molecule has 376 valence electrons. The molecule has 0 radical (unpaired) electrons. The summed E-state index contributed by atoms with van der Waals surface area (Å²) >= 11 is 0. The first-order valence-corrected chi connectivity index (χ1v) is 22.6. The molecule has 0 saturated carbocycles. The molecule has 4 rings (SSSR count). The molecule has 70 heavy (non-hydrogen) atoms. The summed E-state index contributed by atoms with van der Waals surface area (Å²) in [6.45, 7) is 2.67. The van der Waals surface area contributed by atoms with Gasteiger partial charge in [0.15, 0.2) is 5.96 Å². The fourth-order valence-electron chi connectivity index (χ4n) is 7.37. The highest BCUT2D eigenvalue weighted by molar-refractivity contribution is 5.98. The summed E-state index contributed by atoms with van der Waals surface area (Å²) in [4.78, 5) is 130. The van der Waals surface area contributed by atoms with Gasteiger partial charge in [0.2, 0.25) is 47.3 Å². The third kappa shape index (κ3) is 18.1. The second-order valence-corrected chi connectivity index (χ2v) is 16.5. The van der Waals surface area contributed by atoms with Crippen LogP contribution in [0.15, 0.2) is 73.3 Å². The third-order valence-electron chi connectivity index (χ3n) is 10.9. The Labute approximate surface area is 402 Å². The first-order valence-electron chi connectivity index (χ1n) is 22.6. The van der Waals surface area contributed by atoms with E-state index in [0.29, 0.717) is 24.0 Å². The highest BCUT2D eigenvalue weighted by atomic mass is 16.4. The van der Waals surface area contributed by atoms with Crippen molar-refractivity contribution >= 4 is 70.1 Å². The molecule has 8 amide bonds. The van der Waals surface area contributed by atoms with Crippen LogP contribution in [0.5, 0.6) is 0 Å². The Morgan fingerprint density at radius 2 is 1.21 bits per heavy atom. The van der Waals surface area contributed by atoms with Crippen LogP contribution in [0, 0.1) is 5.41 Å². The van der Waals surface area contributed by atoms with Gasteiger partial charge in [0.25, 0.3) is 0 Å². The molecule has 0 aliphatic heterocycles. The van der Waals surface area contributed by atoms with Crippen molar-refractivity contribution in [3.05, 3.63) is 90.1 Å². The number of carbonyl (C=O) groups excluding carboxylic acids is 8. The Morgan fingerprint density at radius 1 is 0.657 bits per heavy atom. The predicted molar refractivity (Wildman–Crippen MR) is 255 cm³/mol. The van der Waals surface area contributed by atoms with E-state index in [1.165, 1.54) is 19.4 Å². The normalized spacial score (nSPS) is 13.5. The van der Waals surface area contributed by atoms with Gasteiger partial charge < -0.3 is 69.1 Å². The van der Waals surface area contributed by atoms with Gasteiger partial charge in [-0.05, 0) is 36.5 Å². The fourth-order valence-corrected chi connectivity index (χ4v) is 7.37. The molecule has 0 spiro atoms. The monoisotopic (exact) mass is 970 g/mol. The Kier molecular flexibility index (Phi) is 21.3. The van der Waals surface area contributed by atoms with E-state index in [1.54, 1.807) is 42.6 Å². The van der Waals surface area contributed by atoms with E-state index in [0.717, 1.165) is 10.9 Å². The number of nitrogens with two attached hydrogens (primary N) is 2. The zero-order chi connectivity index (χ0) is 51.2. The fraction of sp³-hybridized carbons (Fsp3) is 0.413. The van der Waals surface area contributed by atoms with Crippen LogP contribution in [0.3, 0.4) is 0 Å². The number of primary amides is 1. The summed E-state index contributed by atoms with van der Waals surface area (Å²) in [7, 11) is 0. The zero-order valence-electron chi connectivity index (χ0n) is 38.9. The van der Waals surface area contributed by atoms with Crippen LogP contribution in [0.1, 0.15) is 69.2 Å². The van der Waals surface area contributed by atoms with Crippen molar-refractivity contribution < 1.29 is 48.3 Å². The number of H-pyrrole nitrogens is 2. The van der Waals surface area contributed by atoms with Gasteiger partial charge in [-0.1, -0.05) is 68.3 Å². The first-order chi connectivity index (χ1) is 33.4. The molecule has 0 aliphatic rings. The maximum Gasteiger partial charge on any atom is 0.305 e. The number of hydrogen-bond donors (Lipinski definition) is 14. The van der Waals surface area contributed by atoms with E-state index in [-0.39, 0.29) is 56.7 Å². The lowest BCUT2D eigenvalue weighted by atomic mass is 10.0. The first kappa shape index (κ1) is 54.3. The Morgan fingerprint density at radius 3 is 1.81 bits per heavy atom. The number of aromatic amines is 2. The standard InChI is InChI=1S/C46H62N14O10/c1-3-4-14-32(55-26(2)61)41(66)60-37(21-39(63)64)45(70)59-36(20-29-23-50-25-54-29)44(69)57-34(18-27-11-6-5-7-12-27)43(68)56-33(16-10-17-51-46(48)49)42(67)58-35(40(65)53-24-38(47)62)19-28-22-52-31-15-9-8-13-30(28)31/h5-9,11-13,15,22-23,25,32-37,52H,3-4,10,14,16-21,24H2,1-2H3,(H2,47,62)(H,50,54)(H,53,65)(H,55,61)(H,56,68)(H,57,69)(H,58,67)(H,59,70)(H,60,66)(H,63,64)(H4,48,49,51)/t32-,33-,34+,35-,36-,37-/m0/s1. The van der Waals surface area contributed by atoms with Crippen molar-refractivity contribution in [3.8, 4) is 0 Å². The number of benzene rings is 2. The van der Waals surface area contributed by atoms with Crippen LogP contribution in [-0.4, -0.2) is 129 Å². The maximum atomic E-state index is 14.5. The van der Waals surface area contributed by atoms with Crippen molar-refractivity contribution in [2.75, 3.05) is 13.1 Å². The summed E-state index contributed by atoms with van der Waals surface area (Å²) in [5, 5.41) is 38.6. The lowest BCUT2D eigenvalue weighted by Gasteiger charge is -2.27. The number of carbonyl (C=O) groups is 9. The average molecular weight is 971 g/mol. The molecule has 24 heteroatoms. The van der Waals surface area contributed by atoms with Gasteiger partial charge in [0.1, 0.15) is 36.3 Å². The molecule has 4 aromatic rings. The van der Waals surface area contributed by atoms with Gasteiger partial charge in [0, 0.05) is 56.0 Å². The Balaban J connectivity index is 1.64. The molecule has 0 bridgehead atoms. The van der Waals surface area contributed by atoms with E-state index in [9.17, 15) is 48.3 Å². The van der Waals surface area contributed by atoms with Crippen molar-refractivity contribution in [1.29, 1.82) is 5.41 Å². The van der Waals surface area contributed by atoms with Crippen LogP contribution < -0.4 is 54.0 Å². The Bertz CT molecular complexity index is 2450. The summed E-state index contributed by atoms with van der Waals surface area (Å²) < 4.78 is 0. The van der Waals surface area contributed by atoms with Crippen LogP contribution in [-0.2, 0) is 62.4 Å². The van der Waals surface area contributed by atoms with Gasteiger partial charge in [-0.3, -0.25) is 48.6 Å². The molecule has 16 N–H and O–H groups in total. The molecular formula is C46H62N14O10. The van der Waals surface area contributed by atoms with Crippen molar-refractivity contribution in [1.82, 2.24) is 57.5 Å². The SMILES string of the molecule is CCCC[C@H](NC(C)=O)C(=O)N[C@@H](CC(=O)O)C(=O)N[C@@H](Cc1c[nH]cn1)C(=O)N[C@H](Cc1ccccc1)C(=O)N[C@@H](CCCNC(=N)N)C(=O)N[C@@H](Cc1c[nH]c2ccccc12)C(=O)NCC(N)=O. The van der Waals surface area contributed by atoms with E-state index in [1.807, 2.05) is 25.1 Å². The molecule has 0 unspecified atom stereocenters. The number of carboxylic acid groups (broad SMARTS) is 1. The second-order valence-electron chi connectivity index (χ2n) is 16.5. The number of aliphatic carboxylic acids is 1. The number of carboxylic acids is 1. The van der Waals surface area contributed by atoms with Crippen LogP contribution in [0.2, 0.25) is 0 Å². The highest BCUT2D eigenvalue weighted by Crippen LogP contribution is 2.19. The third-order valence-corrected chi connectivity index (χ3v) is 10.9. The minimum absolute atomic E-state index is 0.0472. The predicted octanol–water partition coefficient (Wildman–Crippen LogP) is -1.62. The molecule has 2 aromatic heterocycles. The largest absolute Gasteiger partial charge is 0.481 e. The van der Waals surface area contributed by atoms with Crippen LogP contribution >= 0.6 is 0 Å². The topological polar surface area (TPSA) is 390 Å². The molecule has 24 nitrogen and oxygen atoms in total. The summed E-state index contributed by atoms with van der Waals surface area (Å²) in [6.07, 6.45) is 4.61. The molecule has 0 aliphatic carbocycles. The minimum atomic E-state index is -1.71. The van der Waals surface area contributed by atoms with E-state index in [4.69, 9.17) is 16.9 Å². The van der Waals surface area contributed by atoms with Gasteiger partial charge in [-0.15, -0.1) is 0 Å². The number of nitrogens with one attached hydrogen (secondary N) is 11. The lowest BCUT2D eigenvalue weighted by molar-refractivity contribution is -0.141. The highest BCUT2D eigenvalue weighted by Gasteiger charge is 2.35. The summed E-state index contributed by atoms with van der Waals surface area (Å²) in [6, 6.07) is 7.40. The van der Waals surface area contributed by atoms with Crippen molar-refractivity contribution in [2.24, 2.45) is 11.5 Å². The number of rotatable bonds is 29. The number of hydrogen-bond acceptors (Lipinski definition) is 11. The number of fused-ring (bicyclic) bond motifs is 1. The van der Waals surface area contributed by atoms with Gasteiger partial charge in [-0.2, -0.15) is 0 Å².